The van der Waals surface area contributed by atoms with Gasteiger partial charge < -0.3 is 14.6 Å². The summed E-state index contributed by atoms with van der Waals surface area (Å²) in [6.45, 7) is 9.03. The number of hydrogen-bond donors (Lipinski definition) is 1. The zero-order valence-corrected chi connectivity index (χ0v) is 27.4. The second kappa shape index (κ2) is 12.8. The lowest BCUT2D eigenvalue weighted by molar-refractivity contribution is -0.147. The molecular weight excluding hydrogens is 639 g/mol. The van der Waals surface area contributed by atoms with Crippen LogP contribution in [0.1, 0.15) is 65.4 Å². The lowest BCUT2D eigenvalue weighted by Crippen LogP contribution is -2.34. The molecule has 15 heteroatoms. The minimum atomic E-state index is -4.74. The summed E-state index contributed by atoms with van der Waals surface area (Å²) in [5.41, 5.74) is 1.87. The summed E-state index contributed by atoms with van der Waals surface area (Å²) >= 11 is 0. The van der Waals surface area contributed by atoms with E-state index in [1.807, 2.05) is 6.92 Å². The van der Waals surface area contributed by atoms with Crippen molar-refractivity contribution >= 4 is 21.6 Å². The van der Waals surface area contributed by atoms with Crippen molar-refractivity contribution in [3.05, 3.63) is 81.9 Å². The van der Waals surface area contributed by atoms with E-state index in [2.05, 4.69) is 15.2 Å². The molecule has 11 nitrogen and oxygen atoms in total. The first kappa shape index (κ1) is 34.3. The number of sulfonamides is 1. The Morgan fingerprint density at radius 3 is 2.51 bits per heavy atom. The predicted octanol–water partition coefficient (Wildman–Crippen LogP) is 5.30. The van der Waals surface area contributed by atoms with Crippen molar-refractivity contribution < 1.29 is 41.0 Å². The van der Waals surface area contributed by atoms with Gasteiger partial charge in [-0.1, -0.05) is 18.2 Å². The summed E-state index contributed by atoms with van der Waals surface area (Å²) in [4.78, 5) is 16.8. The van der Waals surface area contributed by atoms with Crippen molar-refractivity contribution in [1.29, 1.82) is 0 Å². The number of benzene rings is 1. The van der Waals surface area contributed by atoms with Crippen LogP contribution in [0.2, 0.25) is 0 Å². The molecule has 47 heavy (non-hydrogen) atoms. The fourth-order valence-electron chi connectivity index (χ4n) is 5.83. The molecule has 1 aromatic carbocycles. The van der Waals surface area contributed by atoms with E-state index >= 15 is 0 Å². The topological polar surface area (TPSA) is 136 Å². The number of hydrogen-bond acceptors (Lipinski definition) is 8. The van der Waals surface area contributed by atoms with E-state index in [1.165, 1.54) is 28.8 Å². The standard InChI is InChI=1S/C32H36F3N5O6S/c1-19-15-25-28(36-17-19)46-14-13-45-12-6-10-39(47(25,43)44)18-23-16-22(8-7-20(23)2)26(31(4,5)30(41)42)24-9-11-40-27(21(24)3)37-38-29(40)32(33,34)35/h7-9,11,15-17,26H,6,10,12-14,18H2,1-5H3,(H,41,42)/t26-/m0/s1. The maximum absolute atomic E-state index is 14.1. The monoisotopic (exact) mass is 675 g/mol. The predicted molar refractivity (Wildman–Crippen MR) is 165 cm³/mol. The number of fused-ring (bicyclic) bond motifs is 2. The molecule has 3 aromatic heterocycles. The number of carboxylic acid groups (broad SMARTS) is 1. The highest BCUT2D eigenvalue weighted by atomic mass is 32.2. The van der Waals surface area contributed by atoms with Gasteiger partial charge in [-0.25, -0.2) is 13.4 Å². The number of rotatable bonds is 6. The summed E-state index contributed by atoms with van der Waals surface area (Å²) in [6.07, 6.45) is -1.60. The molecule has 0 aliphatic carbocycles. The van der Waals surface area contributed by atoms with Gasteiger partial charge in [0.15, 0.2) is 5.65 Å². The van der Waals surface area contributed by atoms with E-state index in [0.717, 1.165) is 9.96 Å². The molecule has 1 aliphatic heterocycles. The van der Waals surface area contributed by atoms with Crippen LogP contribution in [0, 0.1) is 26.2 Å². The van der Waals surface area contributed by atoms with Crippen LogP contribution in [0.15, 0.2) is 47.6 Å². The van der Waals surface area contributed by atoms with Crippen molar-refractivity contribution in [1.82, 2.24) is 23.9 Å². The van der Waals surface area contributed by atoms with Crippen LogP contribution in [-0.4, -0.2) is 69.7 Å². The number of alkyl halides is 3. The highest BCUT2D eigenvalue weighted by Gasteiger charge is 2.42. The van der Waals surface area contributed by atoms with Crippen LogP contribution in [0.4, 0.5) is 13.2 Å². The lowest BCUT2D eigenvalue weighted by atomic mass is 9.70. The van der Waals surface area contributed by atoms with E-state index in [4.69, 9.17) is 9.47 Å². The van der Waals surface area contributed by atoms with Crippen molar-refractivity contribution in [3.8, 4) is 5.88 Å². The minimum Gasteiger partial charge on any atom is -0.481 e. The van der Waals surface area contributed by atoms with Crippen LogP contribution in [0.25, 0.3) is 5.65 Å². The zero-order valence-electron chi connectivity index (χ0n) is 26.6. The molecule has 252 valence electrons. The highest BCUT2D eigenvalue weighted by molar-refractivity contribution is 7.89. The quantitative estimate of drug-likeness (QED) is 0.289. The van der Waals surface area contributed by atoms with Crippen molar-refractivity contribution in [3.63, 3.8) is 0 Å². The van der Waals surface area contributed by atoms with Gasteiger partial charge in [0, 0.05) is 38.0 Å². The summed E-state index contributed by atoms with van der Waals surface area (Å²) in [7, 11) is -4.12. The number of halogens is 3. The first-order valence-electron chi connectivity index (χ1n) is 14.9. The smallest absolute Gasteiger partial charge is 0.452 e. The van der Waals surface area contributed by atoms with E-state index in [9.17, 15) is 31.5 Å². The van der Waals surface area contributed by atoms with Gasteiger partial charge in [-0.3, -0.25) is 9.20 Å². The maximum Gasteiger partial charge on any atom is 0.452 e. The second-order valence-corrected chi connectivity index (χ2v) is 14.1. The van der Waals surface area contributed by atoms with Crippen LogP contribution in [0.3, 0.4) is 0 Å². The number of aromatic nitrogens is 4. The molecule has 0 saturated carbocycles. The zero-order chi connectivity index (χ0) is 34.3. The Labute approximate surface area is 270 Å². The first-order valence-corrected chi connectivity index (χ1v) is 16.4. The second-order valence-electron chi connectivity index (χ2n) is 12.2. The van der Waals surface area contributed by atoms with Crippen molar-refractivity contribution in [2.45, 2.75) is 64.6 Å². The third kappa shape index (κ3) is 6.69. The Hall–Kier alpha value is -4.08. The van der Waals surface area contributed by atoms with Crippen molar-refractivity contribution in [2.75, 3.05) is 26.4 Å². The molecule has 0 saturated heterocycles. The molecule has 0 fully saturated rings. The normalized spacial score (nSPS) is 17.0. The summed E-state index contributed by atoms with van der Waals surface area (Å²) in [5.74, 6) is -3.19. The number of nitrogens with zero attached hydrogens (tertiary/aromatic N) is 5. The van der Waals surface area contributed by atoms with Gasteiger partial charge in [0.05, 0.1) is 12.0 Å². The molecule has 1 atom stereocenters. The summed E-state index contributed by atoms with van der Waals surface area (Å²) in [6, 6.07) is 8.29. The molecule has 0 radical (unpaired) electrons. The molecule has 1 N–H and O–H groups in total. The number of carboxylic acids is 1. The van der Waals surface area contributed by atoms with Crippen LogP contribution in [-0.2, 0) is 32.3 Å². The largest absolute Gasteiger partial charge is 0.481 e. The van der Waals surface area contributed by atoms with Crippen LogP contribution in [0.5, 0.6) is 5.88 Å². The fourth-order valence-corrected chi connectivity index (χ4v) is 7.46. The Balaban J connectivity index is 1.62. The van der Waals surface area contributed by atoms with E-state index in [-0.39, 0.29) is 42.7 Å². The van der Waals surface area contributed by atoms with Gasteiger partial charge in [0.2, 0.25) is 21.7 Å². The Bertz CT molecular complexity index is 1930. The van der Waals surface area contributed by atoms with E-state index < -0.39 is 39.3 Å². The Morgan fingerprint density at radius 1 is 1.06 bits per heavy atom. The molecule has 0 amide bonds. The van der Waals surface area contributed by atoms with Gasteiger partial charge in [0.1, 0.15) is 11.5 Å². The Kier molecular flexibility index (Phi) is 9.36. The lowest BCUT2D eigenvalue weighted by Gasteiger charge is -2.33. The van der Waals surface area contributed by atoms with Gasteiger partial charge >= 0.3 is 12.1 Å². The third-order valence-electron chi connectivity index (χ3n) is 8.49. The van der Waals surface area contributed by atoms with Crippen LogP contribution >= 0.6 is 0 Å². The molecule has 0 unspecified atom stereocenters. The molecule has 0 bridgehead atoms. The SMILES string of the molecule is Cc1cnc2c(c1)S(=O)(=O)N(Cc1cc([C@@H](c3ccn4c(C(F)(F)F)nnc4c3C)C(C)(C)C(=O)O)ccc1C)CCCOCCO2. The average molecular weight is 676 g/mol. The molecule has 5 rings (SSSR count). The third-order valence-corrected chi connectivity index (χ3v) is 10.3. The number of ether oxygens (including phenoxy) is 2. The fraction of sp³-hybridized carbons (Fsp3) is 0.438. The number of carbonyl (C=O) groups is 1. The maximum atomic E-state index is 14.1. The number of pyridine rings is 2. The summed E-state index contributed by atoms with van der Waals surface area (Å²) in [5, 5.41) is 17.5. The van der Waals surface area contributed by atoms with Crippen molar-refractivity contribution in [2.24, 2.45) is 5.41 Å². The van der Waals surface area contributed by atoms with Gasteiger partial charge in [0.25, 0.3) is 0 Å². The summed E-state index contributed by atoms with van der Waals surface area (Å²) < 4.78 is 82.5. The highest BCUT2D eigenvalue weighted by Crippen LogP contribution is 2.44. The molecular formula is C32H36F3N5O6S. The first-order chi connectivity index (χ1) is 22.0. The van der Waals surface area contributed by atoms with Gasteiger partial charge in [-0.15, -0.1) is 10.2 Å². The number of aryl methyl sites for hydroxylation is 3. The minimum absolute atomic E-state index is 0.0205. The van der Waals surface area contributed by atoms with Gasteiger partial charge in [-0.2, -0.15) is 17.5 Å². The van der Waals surface area contributed by atoms with E-state index in [1.54, 1.807) is 45.9 Å². The Morgan fingerprint density at radius 2 is 1.81 bits per heavy atom. The van der Waals surface area contributed by atoms with Gasteiger partial charge in [-0.05, 0) is 86.6 Å². The average Bonchev–Trinajstić information content (AvgIpc) is 3.44. The van der Waals surface area contributed by atoms with Crippen LogP contribution < -0.4 is 4.74 Å². The molecule has 4 aromatic rings. The molecule has 1 aliphatic rings. The molecule has 4 heterocycles. The molecule has 0 spiro atoms. The van der Waals surface area contributed by atoms with E-state index in [0.29, 0.717) is 40.8 Å². The number of aliphatic carboxylic acids is 1.